The van der Waals surface area contributed by atoms with Gasteiger partial charge in [0, 0.05) is 18.4 Å². The molecule has 1 aromatic carbocycles. The van der Waals surface area contributed by atoms with Crippen LogP contribution in [0.4, 0.5) is 13.2 Å². The number of rotatable bonds is 3. The predicted octanol–water partition coefficient (Wildman–Crippen LogP) is 4.67. The number of hydrogen-bond donors (Lipinski definition) is 1. The van der Waals surface area contributed by atoms with E-state index in [2.05, 4.69) is 0 Å². The standard InChI is InChI=1S/C18H23F3O2S/c1-17(2,3)16(24-9-7-14(22)8-10-24)15(23)12-5-4-6-13(11-12)18(19,20)21/h4-6,11,16,24H,7-10H2,1-3H3. The molecule has 0 aromatic heterocycles. The van der Waals surface area contributed by atoms with Gasteiger partial charge in [-0.05, 0) is 29.1 Å². The average Bonchev–Trinajstić information content (AvgIpc) is 2.47. The highest BCUT2D eigenvalue weighted by Gasteiger charge is 2.38. The number of thiol groups is 1. The first kappa shape index (κ1) is 19.0. The molecule has 0 amide bonds. The molecule has 0 radical (unpaired) electrons. The van der Waals surface area contributed by atoms with Crippen molar-refractivity contribution in [1.82, 2.24) is 0 Å². The molecular weight excluding hydrogens is 337 g/mol. The molecule has 0 spiro atoms. The Kier molecular flexibility index (Phi) is 5.47. The van der Waals surface area contributed by atoms with Crippen molar-refractivity contribution in [3.63, 3.8) is 0 Å². The van der Waals surface area contributed by atoms with Gasteiger partial charge in [0.15, 0.2) is 5.78 Å². The third-order valence-corrected chi connectivity index (χ3v) is 7.60. The van der Waals surface area contributed by atoms with E-state index in [9.17, 15) is 22.8 Å². The molecule has 1 heterocycles. The Morgan fingerprint density at radius 1 is 1.12 bits per heavy atom. The highest BCUT2D eigenvalue weighted by Crippen LogP contribution is 2.46. The molecule has 2 rings (SSSR count). The third kappa shape index (κ3) is 4.41. The Morgan fingerprint density at radius 3 is 2.21 bits per heavy atom. The van der Waals surface area contributed by atoms with Gasteiger partial charge in [-0.15, -0.1) is 0 Å². The molecular formula is C18H23F3O2S. The van der Waals surface area contributed by atoms with Crippen LogP contribution in [0, 0.1) is 5.41 Å². The summed E-state index contributed by atoms with van der Waals surface area (Å²) in [5.41, 5.74) is -1.03. The number of carbonyl (C=O) groups excluding carboxylic acids is 2. The summed E-state index contributed by atoms with van der Waals surface area (Å²) >= 11 is 0. The topological polar surface area (TPSA) is 34.1 Å². The lowest BCUT2D eigenvalue weighted by Gasteiger charge is -2.40. The van der Waals surface area contributed by atoms with Crippen molar-refractivity contribution in [2.75, 3.05) is 11.5 Å². The Balaban J connectivity index is 2.33. The third-order valence-electron chi connectivity index (χ3n) is 4.26. The van der Waals surface area contributed by atoms with Crippen molar-refractivity contribution in [3.05, 3.63) is 35.4 Å². The number of ketones is 2. The van der Waals surface area contributed by atoms with Gasteiger partial charge in [0.25, 0.3) is 0 Å². The van der Waals surface area contributed by atoms with Crippen LogP contribution in [0.15, 0.2) is 24.3 Å². The zero-order valence-corrected chi connectivity index (χ0v) is 15.0. The Bertz CT molecular complexity index is 622. The summed E-state index contributed by atoms with van der Waals surface area (Å²) in [6.45, 7) is 5.84. The van der Waals surface area contributed by atoms with Crippen molar-refractivity contribution in [1.29, 1.82) is 0 Å². The van der Waals surface area contributed by atoms with E-state index in [-0.39, 0.29) is 27.8 Å². The van der Waals surface area contributed by atoms with Crippen LogP contribution in [0.2, 0.25) is 0 Å². The number of carbonyl (C=O) groups is 2. The van der Waals surface area contributed by atoms with Crippen LogP contribution in [0.25, 0.3) is 0 Å². The van der Waals surface area contributed by atoms with E-state index in [1.165, 1.54) is 12.1 Å². The number of benzene rings is 1. The monoisotopic (exact) mass is 360 g/mol. The van der Waals surface area contributed by atoms with Gasteiger partial charge in [-0.3, -0.25) is 9.59 Å². The summed E-state index contributed by atoms with van der Waals surface area (Å²) in [6, 6.07) is 4.67. The van der Waals surface area contributed by atoms with E-state index in [1.807, 2.05) is 20.8 Å². The maximum absolute atomic E-state index is 13.0. The van der Waals surface area contributed by atoms with Crippen LogP contribution in [-0.2, 0) is 11.0 Å². The molecule has 1 aliphatic rings. The number of alkyl halides is 3. The predicted molar refractivity (Wildman–Crippen MR) is 92.0 cm³/mol. The van der Waals surface area contributed by atoms with Gasteiger partial charge in [0.05, 0.1) is 10.8 Å². The molecule has 0 saturated carbocycles. The molecule has 1 saturated heterocycles. The summed E-state index contributed by atoms with van der Waals surface area (Å²) in [6.07, 6.45) is -3.50. The molecule has 0 aliphatic carbocycles. The minimum atomic E-state index is -4.46. The molecule has 1 atom stereocenters. The van der Waals surface area contributed by atoms with Gasteiger partial charge < -0.3 is 0 Å². The minimum absolute atomic E-state index is 0.115. The van der Waals surface area contributed by atoms with E-state index in [4.69, 9.17) is 0 Å². The van der Waals surface area contributed by atoms with Crippen molar-refractivity contribution >= 4 is 22.5 Å². The fourth-order valence-corrected chi connectivity index (χ4v) is 6.53. The largest absolute Gasteiger partial charge is 0.416 e. The van der Waals surface area contributed by atoms with Gasteiger partial charge in [0.1, 0.15) is 5.78 Å². The van der Waals surface area contributed by atoms with Crippen molar-refractivity contribution < 1.29 is 22.8 Å². The van der Waals surface area contributed by atoms with Crippen LogP contribution in [0.1, 0.15) is 49.5 Å². The summed E-state index contributed by atoms with van der Waals surface area (Å²) < 4.78 is 38.8. The average molecular weight is 360 g/mol. The van der Waals surface area contributed by atoms with Gasteiger partial charge in [-0.1, -0.05) is 32.9 Å². The van der Waals surface area contributed by atoms with Crippen molar-refractivity contribution in [2.45, 2.75) is 45.0 Å². The first-order valence-corrected chi connectivity index (χ1v) is 9.75. The summed E-state index contributed by atoms with van der Waals surface area (Å²) in [5.74, 6) is 1.38. The van der Waals surface area contributed by atoms with Crippen LogP contribution in [0.5, 0.6) is 0 Å². The maximum Gasteiger partial charge on any atom is 0.416 e. The summed E-state index contributed by atoms with van der Waals surface area (Å²) in [4.78, 5) is 24.5. The maximum atomic E-state index is 13.0. The second-order valence-corrected chi connectivity index (χ2v) is 9.87. The normalized spacial score (nSPS) is 19.2. The fourth-order valence-electron chi connectivity index (χ4n) is 3.15. The quantitative estimate of drug-likeness (QED) is 0.628. The molecule has 2 nitrogen and oxygen atoms in total. The van der Waals surface area contributed by atoms with E-state index < -0.39 is 22.6 Å². The van der Waals surface area contributed by atoms with Gasteiger partial charge in [0.2, 0.25) is 0 Å². The summed E-state index contributed by atoms with van der Waals surface area (Å²) in [5, 5.41) is -0.330. The van der Waals surface area contributed by atoms with Crippen molar-refractivity contribution in [3.8, 4) is 0 Å². The van der Waals surface area contributed by atoms with E-state index >= 15 is 0 Å². The lowest BCUT2D eigenvalue weighted by atomic mass is 9.86. The summed E-state index contributed by atoms with van der Waals surface area (Å²) in [7, 11) is -0.702. The fraction of sp³-hybridized carbons (Fsp3) is 0.556. The van der Waals surface area contributed by atoms with Crippen LogP contribution in [-0.4, -0.2) is 28.3 Å². The molecule has 6 heteroatoms. The van der Waals surface area contributed by atoms with Crippen molar-refractivity contribution in [2.24, 2.45) is 5.41 Å². The first-order valence-electron chi connectivity index (χ1n) is 7.97. The first-order chi connectivity index (χ1) is 11.0. The zero-order chi connectivity index (χ0) is 18.1. The van der Waals surface area contributed by atoms with E-state index in [0.29, 0.717) is 24.3 Å². The van der Waals surface area contributed by atoms with Gasteiger partial charge in [-0.25, -0.2) is 10.9 Å². The molecule has 24 heavy (non-hydrogen) atoms. The lowest BCUT2D eigenvalue weighted by Crippen LogP contribution is -2.38. The van der Waals surface area contributed by atoms with Gasteiger partial charge >= 0.3 is 6.18 Å². The van der Waals surface area contributed by atoms with Crippen LogP contribution in [0.3, 0.4) is 0 Å². The second-order valence-electron chi connectivity index (χ2n) is 7.29. The SMILES string of the molecule is CC(C)(C)C(C(=O)c1cccc(C(F)(F)F)c1)[SH]1CCC(=O)CC1. The number of Topliss-reactive ketones (excluding diaryl/α,β-unsaturated/α-hetero) is 2. The molecule has 0 bridgehead atoms. The Morgan fingerprint density at radius 2 is 1.71 bits per heavy atom. The molecule has 1 unspecified atom stereocenters. The Labute approximate surface area is 143 Å². The number of halogens is 3. The highest BCUT2D eigenvalue weighted by atomic mass is 32.2. The minimum Gasteiger partial charge on any atom is -0.300 e. The highest BCUT2D eigenvalue weighted by molar-refractivity contribution is 8.18. The molecule has 1 aromatic rings. The lowest BCUT2D eigenvalue weighted by molar-refractivity contribution is -0.137. The second kappa shape index (κ2) is 6.90. The van der Waals surface area contributed by atoms with Crippen LogP contribution >= 0.6 is 10.9 Å². The van der Waals surface area contributed by atoms with E-state index in [1.54, 1.807) is 0 Å². The number of hydrogen-bond acceptors (Lipinski definition) is 2. The Hall–Kier alpha value is -1.30. The molecule has 134 valence electrons. The molecule has 1 fully saturated rings. The van der Waals surface area contributed by atoms with Crippen LogP contribution < -0.4 is 0 Å². The smallest absolute Gasteiger partial charge is 0.300 e. The molecule has 0 N–H and O–H groups in total. The van der Waals surface area contributed by atoms with Gasteiger partial charge in [-0.2, -0.15) is 13.2 Å². The zero-order valence-electron chi connectivity index (χ0n) is 14.1. The molecule has 1 aliphatic heterocycles. The van der Waals surface area contributed by atoms with E-state index in [0.717, 1.165) is 12.1 Å².